The maximum atomic E-state index is 11.3. The molecule has 0 aromatic rings. The Bertz CT molecular complexity index is 317. The van der Waals surface area contributed by atoms with Crippen LogP contribution in [-0.4, -0.2) is 44.7 Å². The van der Waals surface area contributed by atoms with Crippen LogP contribution in [0.2, 0.25) is 0 Å². The van der Waals surface area contributed by atoms with E-state index in [1.807, 2.05) is 0 Å². The molecular weight excluding hydrogens is 224 g/mol. The zero-order chi connectivity index (χ0) is 11.6. The van der Waals surface area contributed by atoms with Crippen molar-refractivity contribution in [3.8, 4) is 0 Å². The summed E-state index contributed by atoms with van der Waals surface area (Å²) >= 11 is 0. The summed E-state index contributed by atoms with van der Waals surface area (Å²) in [6.45, 7) is 2.49. The number of rotatable bonds is 4. The van der Waals surface area contributed by atoms with Gasteiger partial charge >= 0.3 is 0 Å². The van der Waals surface area contributed by atoms with Crippen LogP contribution in [-0.2, 0) is 10.0 Å². The molecule has 0 unspecified atom stereocenters. The van der Waals surface area contributed by atoms with Crippen LogP contribution in [0.25, 0.3) is 0 Å². The first-order valence-corrected chi connectivity index (χ1v) is 8.09. The molecule has 2 fully saturated rings. The van der Waals surface area contributed by atoms with Gasteiger partial charge in [0.05, 0.1) is 6.26 Å². The third kappa shape index (κ3) is 3.18. The van der Waals surface area contributed by atoms with Crippen molar-refractivity contribution in [2.75, 3.05) is 25.9 Å². The molecule has 2 aliphatic rings. The Labute approximate surface area is 98.4 Å². The van der Waals surface area contributed by atoms with E-state index in [0.29, 0.717) is 19.1 Å². The standard InChI is InChI=1S/C11H22N2O2S/c1-16(14,15)13-7-5-11(6-8-13)12-9-10-3-2-4-10/h10-12H,2-9H2,1H3. The van der Waals surface area contributed by atoms with Crippen molar-refractivity contribution in [3.63, 3.8) is 0 Å². The van der Waals surface area contributed by atoms with Gasteiger partial charge in [-0.25, -0.2) is 12.7 Å². The highest BCUT2D eigenvalue weighted by Gasteiger charge is 2.25. The van der Waals surface area contributed by atoms with E-state index in [-0.39, 0.29) is 0 Å². The quantitative estimate of drug-likeness (QED) is 0.798. The van der Waals surface area contributed by atoms with E-state index in [1.165, 1.54) is 25.5 Å². The van der Waals surface area contributed by atoms with E-state index < -0.39 is 10.0 Å². The summed E-state index contributed by atoms with van der Waals surface area (Å²) in [6.07, 6.45) is 7.35. The van der Waals surface area contributed by atoms with Crippen LogP contribution in [0.3, 0.4) is 0 Å². The molecule has 0 spiro atoms. The van der Waals surface area contributed by atoms with E-state index in [4.69, 9.17) is 0 Å². The van der Waals surface area contributed by atoms with Crippen molar-refractivity contribution in [1.82, 2.24) is 9.62 Å². The third-order valence-electron chi connectivity index (χ3n) is 3.84. The van der Waals surface area contributed by atoms with E-state index in [1.54, 1.807) is 4.31 Å². The van der Waals surface area contributed by atoms with Gasteiger partial charge in [-0.15, -0.1) is 0 Å². The van der Waals surface area contributed by atoms with Gasteiger partial charge in [0.15, 0.2) is 0 Å². The van der Waals surface area contributed by atoms with Gasteiger partial charge in [0.1, 0.15) is 0 Å². The lowest BCUT2D eigenvalue weighted by Crippen LogP contribution is -2.46. The molecule has 5 heteroatoms. The lowest BCUT2D eigenvalue weighted by Gasteiger charge is -2.33. The first-order valence-electron chi connectivity index (χ1n) is 6.24. The Morgan fingerprint density at radius 1 is 1.19 bits per heavy atom. The van der Waals surface area contributed by atoms with Gasteiger partial charge in [0, 0.05) is 19.1 Å². The average molecular weight is 246 g/mol. The zero-order valence-electron chi connectivity index (χ0n) is 9.98. The van der Waals surface area contributed by atoms with Crippen LogP contribution in [0.1, 0.15) is 32.1 Å². The molecule has 0 aromatic carbocycles. The molecule has 0 radical (unpaired) electrons. The second-order valence-electron chi connectivity index (χ2n) is 5.14. The van der Waals surface area contributed by atoms with Crippen molar-refractivity contribution >= 4 is 10.0 Å². The van der Waals surface area contributed by atoms with Gasteiger partial charge in [-0.05, 0) is 38.1 Å². The minimum atomic E-state index is -2.97. The van der Waals surface area contributed by atoms with Crippen LogP contribution in [0, 0.1) is 5.92 Å². The number of piperidine rings is 1. The molecule has 0 amide bonds. The summed E-state index contributed by atoms with van der Waals surface area (Å²) < 4.78 is 24.2. The van der Waals surface area contributed by atoms with Gasteiger partial charge in [-0.1, -0.05) is 6.42 Å². The second-order valence-corrected chi connectivity index (χ2v) is 7.12. The Morgan fingerprint density at radius 3 is 2.25 bits per heavy atom. The molecule has 94 valence electrons. The van der Waals surface area contributed by atoms with Crippen LogP contribution in [0.5, 0.6) is 0 Å². The topological polar surface area (TPSA) is 49.4 Å². The van der Waals surface area contributed by atoms with Crippen LogP contribution >= 0.6 is 0 Å². The summed E-state index contributed by atoms with van der Waals surface area (Å²) in [6, 6.07) is 0.526. The highest BCUT2D eigenvalue weighted by atomic mass is 32.2. The largest absolute Gasteiger partial charge is 0.314 e. The third-order valence-corrected chi connectivity index (χ3v) is 5.15. The average Bonchev–Trinajstić information content (AvgIpc) is 2.15. The molecule has 1 saturated heterocycles. The number of hydrogen-bond acceptors (Lipinski definition) is 3. The Morgan fingerprint density at radius 2 is 1.81 bits per heavy atom. The molecule has 1 aliphatic carbocycles. The van der Waals surface area contributed by atoms with Gasteiger partial charge in [-0.2, -0.15) is 0 Å². The summed E-state index contributed by atoms with van der Waals surface area (Å²) in [7, 11) is -2.97. The molecule has 0 bridgehead atoms. The first-order chi connectivity index (χ1) is 7.55. The first kappa shape index (κ1) is 12.3. The van der Waals surface area contributed by atoms with E-state index in [9.17, 15) is 8.42 Å². The van der Waals surface area contributed by atoms with E-state index in [0.717, 1.165) is 25.3 Å². The fraction of sp³-hybridized carbons (Fsp3) is 1.00. The summed E-state index contributed by atoms with van der Waals surface area (Å²) in [5.41, 5.74) is 0. The van der Waals surface area contributed by atoms with Crippen LogP contribution in [0.15, 0.2) is 0 Å². The lowest BCUT2D eigenvalue weighted by molar-refractivity contribution is 0.248. The minimum Gasteiger partial charge on any atom is -0.314 e. The van der Waals surface area contributed by atoms with Crippen molar-refractivity contribution in [3.05, 3.63) is 0 Å². The molecule has 1 heterocycles. The highest BCUT2D eigenvalue weighted by molar-refractivity contribution is 7.88. The van der Waals surface area contributed by atoms with Crippen molar-refractivity contribution in [2.24, 2.45) is 5.92 Å². The van der Waals surface area contributed by atoms with Gasteiger partial charge in [0.25, 0.3) is 0 Å². The Kier molecular flexibility index (Phi) is 3.87. The van der Waals surface area contributed by atoms with E-state index >= 15 is 0 Å². The summed E-state index contributed by atoms with van der Waals surface area (Å²) in [4.78, 5) is 0. The normalized spacial score (nSPS) is 25.6. The molecular formula is C11H22N2O2S. The maximum absolute atomic E-state index is 11.3. The molecule has 0 aromatic heterocycles. The van der Waals surface area contributed by atoms with E-state index in [2.05, 4.69) is 5.32 Å². The Hall–Kier alpha value is -0.130. The molecule has 1 aliphatic heterocycles. The molecule has 1 saturated carbocycles. The van der Waals surface area contributed by atoms with Crippen molar-refractivity contribution in [2.45, 2.75) is 38.1 Å². The minimum absolute atomic E-state index is 0.526. The molecule has 4 nitrogen and oxygen atoms in total. The number of sulfonamides is 1. The zero-order valence-corrected chi connectivity index (χ0v) is 10.8. The second kappa shape index (κ2) is 5.02. The summed E-state index contributed by atoms with van der Waals surface area (Å²) in [5.74, 6) is 0.882. The van der Waals surface area contributed by atoms with Gasteiger partial charge in [-0.3, -0.25) is 0 Å². The Balaban J connectivity index is 1.68. The van der Waals surface area contributed by atoms with Gasteiger partial charge in [0.2, 0.25) is 10.0 Å². The number of nitrogens with one attached hydrogen (secondary N) is 1. The lowest BCUT2D eigenvalue weighted by atomic mass is 9.85. The fourth-order valence-corrected chi connectivity index (χ4v) is 3.30. The molecule has 16 heavy (non-hydrogen) atoms. The SMILES string of the molecule is CS(=O)(=O)N1CCC(NCC2CCC2)CC1. The van der Waals surface area contributed by atoms with Crippen LogP contribution < -0.4 is 5.32 Å². The highest BCUT2D eigenvalue weighted by Crippen LogP contribution is 2.25. The fourth-order valence-electron chi connectivity index (χ4n) is 2.42. The molecule has 0 atom stereocenters. The van der Waals surface area contributed by atoms with Crippen LogP contribution in [0.4, 0.5) is 0 Å². The monoisotopic (exact) mass is 246 g/mol. The van der Waals surface area contributed by atoms with Crippen molar-refractivity contribution in [1.29, 1.82) is 0 Å². The predicted molar refractivity (Wildman–Crippen MR) is 64.8 cm³/mol. The molecule has 1 N–H and O–H groups in total. The number of hydrogen-bond donors (Lipinski definition) is 1. The van der Waals surface area contributed by atoms with Crippen molar-refractivity contribution < 1.29 is 8.42 Å². The molecule has 2 rings (SSSR count). The summed E-state index contributed by atoms with van der Waals surface area (Å²) in [5, 5.41) is 3.57. The maximum Gasteiger partial charge on any atom is 0.211 e. The number of nitrogens with zero attached hydrogens (tertiary/aromatic N) is 1. The van der Waals surface area contributed by atoms with Gasteiger partial charge < -0.3 is 5.32 Å². The predicted octanol–water partition coefficient (Wildman–Crippen LogP) is 0.800. The smallest absolute Gasteiger partial charge is 0.211 e.